The summed E-state index contributed by atoms with van der Waals surface area (Å²) in [6.07, 6.45) is 5.86. The number of nitrogens with zero attached hydrogens (tertiary/aromatic N) is 3. The molecular formula is C16H24N4O. The molecule has 21 heavy (non-hydrogen) atoms. The summed E-state index contributed by atoms with van der Waals surface area (Å²) in [7, 11) is 1.81. The van der Waals surface area contributed by atoms with Crippen LogP contribution < -0.4 is 5.32 Å². The lowest BCUT2D eigenvalue weighted by Gasteiger charge is -2.25. The van der Waals surface area contributed by atoms with E-state index < -0.39 is 0 Å². The largest absolute Gasteiger partial charge is 0.380 e. The standard InChI is InChI=1S/C16H24N4O/c1-10-8-16-17-9-13(12(3)20(16)19-10)11(2)18-14-6-5-7-15(14)21-4/h8-9,11,14-15,18H,5-7H2,1-4H3. The lowest BCUT2D eigenvalue weighted by Crippen LogP contribution is -2.38. The quantitative estimate of drug-likeness (QED) is 0.939. The molecule has 2 aromatic rings. The van der Waals surface area contributed by atoms with E-state index >= 15 is 0 Å². The molecule has 5 nitrogen and oxygen atoms in total. The van der Waals surface area contributed by atoms with Crippen LogP contribution in [-0.2, 0) is 4.74 Å². The molecule has 1 aliphatic carbocycles. The Hall–Kier alpha value is -1.46. The Balaban J connectivity index is 1.84. The number of nitrogens with one attached hydrogen (secondary N) is 1. The van der Waals surface area contributed by atoms with Crippen molar-refractivity contribution in [1.29, 1.82) is 0 Å². The smallest absolute Gasteiger partial charge is 0.155 e. The van der Waals surface area contributed by atoms with Crippen molar-refractivity contribution in [2.75, 3.05) is 7.11 Å². The number of fused-ring (bicyclic) bond motifs is 1. The van der Waals surface area contributed by atoms with Crippen molar-refractivity contribution in [2.24, 2.45) is 0 Å². The third kappa shape index (κ3) is 2.68. The van der Waals surface area contributed by atoms with E-state index in [0.29, 0.717) is 12.1 Å². The van der Waals surface area contributed by atoms with Gasteiger partial charge in [0.05, 0.1) is 11.8 Å². The fraction of sp³-hybridized carbons (Fsp3) is 0.625. The third-order valence-corrected chi connectivity index (χ3v) is 4.57. The Morgan fingerprint density at radius 3 is 2.95 bits per heavy atom. The van der Waals surface area contributed by atoms with Crippen LogP contribution in [0.5, 0.6) is 0 Å². The molecule has 2 heterocycles. The average Bonchev–Trinajstić information content (AvgIpc) is 3.04. The van der Waals surface area contributed by atoms with Crippen LogP contribution in [0.25, 0.3) is 5.65 Å². The molecular weight excluding hydrogens is 264 g/mol. The molecule has 0 aromatic carbocycles. The van der Waals surface area contributed by atoms with Gasteiger partial charge in [0.15, 0.2) is 5.65 Å². The predicted octanol–water partition coefficient (Wildman–Crippen LogP) is 2.56. The predicted molar refractivity (Wildman–Crippen MR) is 82.4 cm³/mol. The minimum Gasteiger partial charge on any atom is -0.380 e. The highest BCUT2D eigenvalue weighted by Crippen LogP contribution is 2.25. The van der Waals surface area contributed by atoms with E-state index in [1.807, 2.05) is 23.7 Å². The number of aromatic nitrogens is 3. The van der Waals surface area contributed by atoms with Gasteiger partial charge in [-0.1, -0.05) is 0 Å². The summed E-state index contributed by atoms with van der Waals surface area (Å²) in [4.78, 5) is 4.53. The minimum absolute atomic E-state index is 0.243. The van der Waals surface area contributed by atoms with Gasteiger partial charge < -0.3 is 10.1 Å². The molecule has 1 fully saturated rings. The Kier molecular flexibility index (Phi) is 3.95. The van der Waals surface area contributed by atoms with Crippen LogP contribution in [0.15, 0.2) is 12.3 Å². The normalized spacial score (nSPS) is 23.8. The number of methoxy groups -OCH3 is 1. The molecule has 0 radical (unpaired) electrons. The summed E-state index contributed by atoms with van der Waals surface area (Å²) >= 11 is 0. The summed E-state index contributed by atoms with van der Waals surface area (Å²) in [6.45, 7) is 6.30. The van der Waals surface area contributed by atoms with Gasteiger partial charge >= 0.3 is 0 Å². The molecule has 0 aliphatic heterocycles. The summed E-state index contributed by atoms with van der Waals surface area (Å²) in [5.74, 6) is 0. The highest BCUT2D eigenvalue weighted by Gasteiger charge is 2.28. The number of hydrogen-bond donors (Lipinski definition) is 1. The van der Waals surface area contributed by atoms with E-state index in [0.717, 1.165) is 23.5 Å². The van der Waals surface area contributed by atoms with Crippen molar-refractivity contribution in [3.8, 4) is 0 Å². The van der Waals surface area contributed by atoms with Gasteiger partial charge in [-0.15, -0.1) is 0 Å². The Morgan fingerprint density at radius 2 is 2.19 bits per heavy atom. The Bertz CT molecular complexity index is 636. The van der Waals surface area contributed by atoms with E-state index in [2.05, 4.69) is 29.2 Å². The molecule has 1 N–H and O–H groups in total. The van der Waals surface area contributed by atoms with Crippen molar-refractivity contribution in [1.82, 2.24) is 19.9 Å². The number of aryl methyl sites for hydroxylation is 2. The lowest BCUT2D eigenvalue weighted by atomic mass is 10.1. The average molecular weight is 288 g/mol. The van der Waals surface area contributed by atoms with Gasteiger partial charge in [0.2, 0.25) is 0 Å². The number of rotatable bonds is 4. The maximum Gasteiger partial charge on any atom is 0.155 e. The molecule has 1 aliphatic rings. The lowest BCUT2D eigenvalue weighted by molar-refractivity contribution is 0.0819. The van der Waals surface area contributed by atoms with Crippen LogP contribution in [0.2, 0.25) is 0 Å². The monoisotopic (exact) mass is 288 g/mol. The first-order valence-electron chi connectivity index (χ1n) is 7.71. The van der Waals surface area contributed by atoms with Gasteiger partial charge in [-0.3, -0.25) is 0 Å². The topological polar surface area (TPSA) is 51.5 Å². The second-order valence-electron chi connectivity index (χ2n) is 6.05. The molecule has 0 spiro atoms. The highest BCUT2D eigenvalue weighted by molar-refractivity contribution is 5.42. The first-order valence-corrected chi connectivity index (χ1v) is 7.71. The van der Waals surface area contributed by atoms with Crippen molar-refractivity contribution in [2.45, 2.75) is 58.2 Å². The van der Waals surface area contributed by atoms with E-state index in [1.165, 1.54) is 18.4 Å². The van der Waals surface area contributed by atoms with Crippen molar-refractivity contribution in [3.63, 3.8) is 0 Å². The number of ether oxygens (including phenoxy) is 1. The molecule has 3 rings (SSSR count). The van der Waals surface area contributed by atoms with Crippen molar-refractivity contribution >= 4 is 5.65 Å². The van der Waals surface area contributed by atoms with Crippen molar-refractivity contribution < 1.29 is 4.74 Å². The van der Waals surface area contributed by atoms with Crippen LogP contribution in [0.3, 0.4) is 0 Å². The van der Waals surface area contributed by atoms with Gasteiger partial charge in [-0.25, -0.2) is 9.50 Å². The first kappa shape index (κ1) is 14.5. The third-order valence-electron chi connectivity index (χ3n) is 4.57. The van der Waals surface area contributed by atoms with E-state index in [9.17, 15) is 0 Å². The van der Waals surface area contributed by atoms with Crippen LogP contribution in [0.4, 0.5) is 0 Å². The van der Waals surface area contributed by atoms with Gasteiger partial charge in [0.1, 0.15) is 0 Å². The van der Waals surface area contributed by atoms with E-state index in [4.69, 9.17) is 4.74 Å². The zero-order valence-corrected chi connectivity index (χ0v) is 13.3. The SMILES string of the molecule is COC1CCCC1NC(C)c1cnc2cc(C)nn2c1C. The summed E-state index contributed by atoms with van der Waals surface area (Å²) in [5.41, 5.74) is 4.27. The summed E-state index contributed by atoms with van der Waals surface area (Å²) < 4.78 is 7.50. The van der Waals surface area contributed by atoms with Crippen LogP contribution in [-0.4, -0.2) is 33.9 Å². The Morgan fingerprint density at radius 1 is 1.38 bits per heavy atom. The second-order valence-corrected chi connectivity index (χ2v) is 6.05. The summed E-state index contributed by atoms with van der Waals surface area (Å²) in [6, 6.07) is 2.68. The van der Waals surface area contributed by atoms with Gasteiger partial charge in [0.25, 0.3) is 0 Å². The highest BCUT2D eigenvalue weighted by atomic mass is 16.5. The molecule has 3 unspecified atom stereocenters. The molecule has 3 atom stereocenters. The van der Waals surface area contributed by atoms with Crippen LogP contribution in [0, 0.1) is 13.8 Å². The minimum atomic E-state index is 0.243. The van der Waals surface area contributed by atoms with Gasteiger partial charge in [0, 0.05) is 42.7 Å². The fourth-order valence-electron chi connectivity index (χ4n) is 3.41. The molecule has 5 heteroatoms. The van der Waals surface area contributed by atoms with Crippen LogP contribution >= 0.6 is 0 Å². The second kappa shape index (κ2) is 5.73. The fourth-order valence-corrected chi connectivity index (χ4v) is 3.41. The molecule has 0 amide bonds. The van der Waals surface area contributed by atoms with Crippen LogP contribution in [0.1, 0.15) is 49.2 Å². The molecule has 2 aromatic heterocycles. The zero-order chi connectivity index (χ0) is 15.0. The number of hydrogen-bond acceptors (Lipinski definition) is 4. The maximum absolute atomic E-state index is 5.57. The maximum atomic E-state index is 5.57. The van der Waals surface area contributed by atoms with Crippen molar-refractivity contribution in [3.05, 3.63) is 29.2 Å². The molecule has 0 bridgehead atoms. The molecule has 1 saturated carbocycles. The Labute approximate surface area is 125 Å². The van der Waals surface area contributed by atoms with Gasteiger partial charge in [-0.2, -0.15) is 5.10 Å². The van der Waals surface area contributed by atoms with E-state index in [-0.39, 0.29) is 6.04 Å². The summed E-state index contributed by atoms with van der Waals surface area (Å²) in [5, 5.41) is 8.22. The van der Waals surface area contributed by atoms with E-state index in [1.54, 1.807) is 7.11 Å². The molecule has 114 valence electrons. The molecule has 0 saturated heterocycles. The zero-order valence-electron chi connectivity index (χ0n) is 13.3. The van der Waals surface area contributed by atoms with Gasteiger partial charge in [-0.05, 0) is 40.0 Å². The first-order chi connectivity index (χ1) is 10.1.